The quantitative estimate of drug-likeness (QED) is 0.399. The first-order valence-electron chi connectivity index (χ1n) is 11.4. The Balaban J connectivity index is 1.32. The maximum atomic E-state index is 13.2. The molecule has 1 aliphatic carbocycles. The molecule has 2 aliphatic heterocycles. The van der Waals surface area contributed by atoms with Crippen molar-refractivity contribution in [2.45, 2.75) is 44.2 Å². The largest absolute Gasteiger partial charge is 0.361 e. The number of carbonyl (C=O) groups excluding carboxylic acids is 5. The molecule has 2 aromatic carbocycles. The lowest BCUT2D eigenvalue weighted by molar-refractivity contribution is -0.137. The van der Waals surface area contributed by atoms with Gasteiger partial charge in [0, 0.05) is 48.8 Å². The number of anilines is 1. The summed E-state index contributed by atoms with van der Waals surface area (Å²) in [6.45, 7) is 0.168. The summed E-state index contributed by atoms with van der Waals surface area (Å²) in [5, 5.41) is 5.29. The van der Waals surface area contributed by atoms with Crippen molar-refractivity contribution in [2.75, 3.05) is 5.32 Å². The zero-order valence-electron chi connectivity index (χ0n) is 18.7. The monoisotopic (exact) mass is 475 g/mol. The first-order chi connectivity index (χ1) is 16.8. The third-order valence-electron chi connectivity index (χ3n) is 6.76. The molecule has 0 radical (unpaired) electrons. The van der Waals surface area contributed by atoms with Gasteiger partial charge in [-0.15, -0.1) is 0 Å². The molecule has 5 rings (SSSR count). The number of benzene rings is 2. The maximum absolute atomic E-state index is 13.2. The fourth-order valence-electron chi connectivity index (χ4n) is 4.90. The van der Waals surface area contributed by atoms with Crippen LogP contribution in [-0.4, -0.2) is 40.2 Å². The van der Waals surface area contributed by atoms with Crippen LogP contribution in [0.2, 0.25) is 0 Å². The number of hydrogen-bond donors (Lipinski definition) is 2. The van der Waals surface area contributed by atoms with Crippen LogP contribution in [0.3, 0.4) is 0 Å². The topological polar surface area (TPSA) is 113 Å². The third kappa shape index (κ3) is 4.25. The van der Waals surface area contributed by atoms with E-state index in [1.807, 2.05) is 0 Å². The summed E-state index contributed by atoms with van der Waals surface area (Å²) in [6.07, 6.45) is 2.08. The minimum atomic E-state index is -0.733. The van der Waals surface area contributed by atoms with Crippen LogP contribution in [0.4, 0.5) is 10.1 Å². The summed E-state index contributed by atoms with van der Waals surface area (Å²) in [6, 6.07) is 10.1. The number of piperidine rings is 1. The average molecular weight is 475 g/mol. The first-order valence-corrected chi connectivity index (χ1v) is 11.4. The molecule has 2 heterocycles. The molecule has 1 saturated carbocycles. The van der Waals surface area contributed by atoms with E-state index in [1.165, 1.54) is 23.2 Å². The van der Waals surface area contributed by atoms with Crippen LogP contribution in [0.5, 0.6) is 0 Å². The second kappa shape index (κ2) is 8.90. The maximum Gasteiger partial charge on any atom is 0.255 e. The van der Waals surface area contributed by atoms with Crippen LogP contribution in [0.15, 0.2) is 54.2 Å². The molecule has 2 aromatic rings. The number of ketones is 2. The van der Waals surface area contributed by atoms with E-state index in [2.05, 4.69) is 10.6 Å². The highest BCUT2D eigenvalue weighted by atomic mass is 19.1. The Bertz CT molecular complexity index is 1280. The highest BCUT2D eigenvalue weighted by molar-refractivity contribution is 6.22. The van der Waals surface area contributed by atoms with Crippen molar-refractivity contribution in [1.82, 2.24) is 10.2 Å². The molecule has 178 valence electrons. The third-order valence-corrected chi connectivity index (χ3v) is 6.76. The summed E-state index contributed by atoms with van der Waals surface area (Å²) in [7, 11) is 0. The molecule has 1 saturated heterocycles. The van der Waals surface area contributed by atoms with Crippen LogP contribution in [0.25, 0.3) is 0 Å². The van der Waals surface area contributed by atoms with Gasteiger partial charge in [0.25, 0.3) is 5.91 Å². The fraction of sp³-hybridized carbons (Fsp3) is 0.269. The van der Waals surface area contributed by atoms with Crippen LogP contribution in [0.1, 0.15) is 53.1 Å². The second-order valence-corrected chi connectivity index (χ2v) is 8.94. The highest BCUT2D eigenvalue weighted by Crippen LogP contribution is 2.34. The van der Waals surface area contributed by atoms with Gasteiger partial charge in [0.1, 0.15) is 11.9 Å². The van der Waals surface area contributed by atoms with Gasteiger partial charge in [0.05, 0.1) is 5.57 Å². The van der Waals surface area contributed by atoms with Crippen molar-refractivity contribution < 1.29 is 28.4 Å². The van der Waals surface area contributed by atoms with Gasteiger partial charge >= 0.3 is 0 Å². The summed E-state index contributed by atoms with van der Waals surface area (Å²) < 4.78 is 13.2. The van der Waals surface area contributed by atoms with E-state index in [-0.39, 0.29) is 72.9 Å². The Morgan fingerprint density at radius 1 is 0.971 bits per heavy atom. The van der Waals surface area contributed by atoms with E-state index >= 15 is 0 Å². The van der Waals surface area contributed by atoms with E-state index in [0.29, 0.717) is 16.8 Å². The molecule has 0 bridgehead atoms. The summed E-state index contributed by atoms with van der Waals surface area (Å²) in [5.41, 5.74) is 2.43. The van der Waals surface area contributed by atoms with Crippen LogP contribution in [0, 0.1) is 5.82 Å². The molecule has 1 unspecified atom stereocenters. The number of fused-ring (bicyclic) bond motifs is 1. The molecule has 2 N–H and O–H groups in total. The van der Waals surface area contributed by atoms with Gasteiger partial charge in [-0.3, -0.25) is 29.3 Å². The van der Waals surface area contributed by atoms with Gasteiger partial charge < -0.3 is 10.2 Å². The lowest BCUT2D eigenvalue weighted by Crippen LogP contribution is -2.52. The van der Waals surface area contributed by atoms with Gasteiger partial charge in [-0.25, -0.2) is 4.39 Å². The van der Waals surface area contributed by atoms with Crippen molar-refractivity contribution in [2.24, 2.45) is 0 Å². The molecule has 0 aromatic heterocycles. The smallest absolute Gasteiger partial charge is 0.255 e. The van der Waals surface area contributed by atoms with Gasteiger partial charge in [-0.1, -0.05) is 18.2 Å². The molecule has 9 heteroatoms. The molecule has 35 heavy (non-hydrogen) atoms. The molecule has 8 nitrogen and oxygen atoms in total. The molecule has 3 amide bonds. The molecular weight excluding hydrogens is 453 g/mol. The second-order valence-electron chi connectivity index (χ2n) is 8.94. The fourth-order valence-corrected chi connectivity index (χ4v) is 4.90. The summed E-state index contributed by atoms with van der Waals surface area (Å²) in [4.78, 5) is 63.6. The number of halogens is 1. The predicted molar refractivity (Wildman–Crippen MR) is 123 cm³/mol. The van der Waals surface area contributed by atoms with E-state index in [9.17, 15) is 28.4 Å². The SMILES string of the molecule is O=C1CCC(N2Cc3c(NC=C4C(=O)CC(c5ccc(F)cc5)CC4=O)cccc3C2=O)C(=O)N1. The standard InChI is InChI=1S/C26H22FN3O5/c27-16-6-4-14(5-7-16)15-10-22(31)18(23(32)11-15)12-28-20-3-1-2-17-19(20)13-30(26(17)35)21-8-9-24(33)29-25(21)34/h1-7,12,15,21,28H,8-11,13H2,(H,29,33,34). The molecule has 0 spiro atoms. The van der Waals surface area contributed by atoms with E-state index < -0.39 is 11.9 Å². The Kier molecular flexibility index (Phi) is 5.76. The average Bonchev–Trinajstić information content (AvgIpc) is 3.16. The number of imide groups is 1. The van der Waals surface area contributed by atoms with E-state index in [4.69, 9.17) is 0 Å². The van der Waals surface area contributed by atoms with Gasteiger partial charge in [-0.2, -0.15) is 0 Å². The van der Waals surface area contributed by atoms with Crippen LogP contribution in [-0.2, 0) is 25.7 Å². The number of nitrogens with zero attached hydrogens (tertiary/aromatic N) is 1. The van der Waals surface area contributed by atoms with Crippen molar-refractivity contribution in [3.05, 3.63) is 76.7 Å². The zero-order valence-corrected chi connectivity index (χ0v) is 18.7. The number of amides is 3. The minimum Gasteiger partial charge on any atom is -0.361 e. The Morgan fingerprint density at radius 2 is 1.69 bits per heavy atom. The number of carbonyl (C=O) groups is 5. The predicted octanol–water partition coefficient (Wildman–Crippen LogP) is 2.60. The summed E-state index contributed by atoms with van der Waals surface area (Å²) in [5.74, 6) is -2.45. The number of rotatable bonds is 4. The Hall–Kier alpha value is -4.14. The first kappa shape index (κ1) is 22.6. The van der Waals surface area contributed by atoms with E-state index in [0.717, 1.165) is 5.56 Å². The molecule has 2 fully saturated rings. The lowest BCUT2D eigenvalue weighted by Gasteiger charge is -2.29. The van der Waals surface area contributed by atoms with Crippen molar-refractivity contribution >= 4 is 35.0 Å². The van der Waals surface area contributed by atoms with Crippen LogP contribution < -0.4 is 10.6 Å². The highest BCUT2D eigenvalue weighted by Gasteiger charge is 2.40. The molecular formula is C26H22FN3O5. The summed E-state index contributed by atoms with van der Waals surface area (Å²) >= 11 is 0. The van der Waals surface area contributed by atoms with E-state index in [1.54, 1.807) is 30.3 Å². The molecule has 1 atom stereocenters. The number of allylic oxidation sites excluding steroid dienone is 1. The molecule has 3 aliphatic rings. The van der Waals surface area contributed by atoms with Gasteiger partial charge in [-0.05, 0) is 42.2 Å². The van der Waals surface area contributed by atoms with Crippen molar-refractivity contribution in [1.29, 1.82) is 0 Å². The lowest BCUT2D eigenvalue weighted by atomic mass is 9.80. The van der Waals surface area contributed by atoms with Crippen molar-refractivity contribution in [3.63, 3.8) is 0 Å². The Labute approximate surface area is 200 Å². The number of hydrogen-bond acceptors (Lipinski definition) is 6. The Morgan fingerprint density at radius 3 is 2.37 bits per heavy atom. The minimum absolute atomic E-state index is 0.0484. The van der Waals surface area contributed by atoms with Gasteiger partial charge in [0.2, 0.25) is 11.8 Å². The normalized spacial score (nSPS) is 22.3. The zero-order chi connectivity index (χ0) is 24.7. The number of nitrogens with one attached hydrogen (secondary N) is 2. The van der Waals surface area contributed by atoms with Crippen molar-refractivity contribution in [3.8, 4) is 0 Å². The number of Topliss-reactive ketones (excluding diaryl/α,β-unsaturated/α-hetero) is 2. The van der Waals surface area contributed by atoms with Crippen LogP contribution >= 0.6 is 0 Å². The van der Waals surface area contributed by atoms with Gasteiger partial charge in [0.15, 0.2) is 11.6 Å².